The van der Waals surface area contributed by atoms with E-state index in [1.165, 1.54) is 12.1 Å². The molecule has 2 saturated heterocycles. The van der Waals surface area contributed by atoms with Crippen LogP contribution in [-0.2, 0) is 5.66 Å². The number of amides is 1. The summed E-state index contributed by atoms with van der Waals surface area (Å²) in [5.74, 6) is -0.221. The van der Waals surface area contributed by atoms with Crippen molar-refractivity contribution in [2.24, 2.45) is 0 Å². The number of hydrogen-bond donors (Lipinski definition) is 0. The van der Waals surface area contributed by atoms with Crippen LogP contribution < -0.4 is 5.56 Å². The average molecular weight is 373 g/mol. The second-order valence-electron chi connectivity index (χ2n) is 6.23. The van der Waals surface area contributed by atoms with Crippen LogP contribution >= 0.6 is 27.7 Å². The molecule has 2 bridgehead atoms. The first-order valence-electron chi connectivity index (χ1n) is 7.10. The van der Waals surface area contributed by atoms with E-state index in [1.807, 2.05) is 0 Å². The van der Waals surface area contributed by atoms with Gasteiger partial charge in [-0.1, -0.05) is 11.6 Å². The normalized spacial score (nSPS) is 34.8. The number of piperidine rings is 1. The maximum Gasteiger partial charge on any atom is 0.284 e. The summed E-state index contributed by atoms with van der Waals surface area (Å²) in [6.07, 6.45) is 3.74. The number of hydrogen-bond acceptors (Lipinski definition) is 3. The number of carbonyl (C=O) groups is 1. The minimum atomic E-state index is -0.618. The SMILES string of the molecule is CN1C2CCC1CC1(C2)N(Br)C(=O)c2c(Cl)ccc(=O)n21. The highest BCUT2D eigenvalue weighted by Crippen LogP contribution is 2.50. The average Bonchev–Trinajstić information content (AvgIpc) is 2.80. The zero-order valence-electron chi connectivity index (χ0n) is 11.6. The van der Waals surface area contributed by atoms with Gasteiger partial charge < -0.3 is 4.90 Å². The van der Waals surface area contributed by atoms with Gasteiger partial charge in [-0.3, -0.25) is 14.2 Å². The van der Waals surface area contributed by atoms with Crippen LogP contribution in [0.25, 0.3) is 0 Å². The van der Waals surface area contributed by atoms with Crippen LogP contribution in [0.5, 0.6) is 0 Å². The van der Waals surface area contributed by atoms with E-state index < -0.39 is 5.66 Å². The van der Waals surface area contributed by atoms with Crippen LogP contribution in [0, 0.1) is 0 Å². The molecule has 1 aromatic heterocycles. The molecular weight excluding hydrogens is 358 g/mol. The molecule has 3 aliphatic rings. The van der Waals surface area contributed by atoms with Crippen molar-refractivity contribution in [2.75, 3.05) is 7.05 Å². The van der Waals surface area contributed by atoms with E-state index in [9.17, 15) is 9.59 Å². The van der Waals surface area contributed by atoms with Crippen LogP contribution in [0.2, 0.25) is 5.02 Å². The maximum atomic E-state index is 12.6. The smallest absolute Gasteiger partial charge is 0.284 e. The molecule has 5 nitrogen and oxygen atoms in total. The first-order valence-corrected chi connectivity index (χ1v) is 8.19. The summed E-state index contributed by atoms with van der Waals surface area (Å²) >= 11 is 9.60. The monoisotopic (exact) mass is 371 g/mol. The summed E-state index contributed by atoms with van der Waals surface area (Å²) in [6.45, 7) is 0. The lowest BCUT2D eigenvalue weighted by Crippen LogP contribution is -2.56. The van der Waals surface area contributed by atoms with E-state index in [2.05, 4.69) is 28.1 Å². The summed E-state index contributed by atoms with van der Waals surface area (Å²) in [6, 6.07) is 3.76. The van der Waals surface area contributed by atoms with Crippen molar-refractivity contribution in [1.82, 2.24) is 13.4 Å². The lowest BCUT2D eigenvalue weighted by atomic mass is 9.91. The molecule has 0 saturated carbocycles. The van der Waals surface area contributed by atoms with Crippen molar-refractivity contribution in [1.29, 1.82) is 0 Å². The van der Waals surface area contributed by atoms with Gasteiger partial charge in [0, 0.05) is 31.0 Å². The second kappa shape index (κ2) is 4.33. The molecule has 3 aliphatic heterocycles. The highest BCUT2D eigenvalue weighted by Gasteiger charge is 2.57. The Morgan fingerprint density at radius 3 is 2.48 bits per heavy atom. The molecule has 4 rings (SSSR count). The van der Waals surface area contributed by atoms with E-state index in [0.717, 1.165) is 25.7 Å². The fourth-order valence-electron chi connectivity index (χ4n) is 4.26. The molecule has 2 atom stereocenters. The molecule has 21 heavy (non-hydrogen) atoms. The fourth-order valence-corrected chi connectivity index (χ4v) is 5.10. The third-order valence-electron chi connectivity index (χ3n) is 5.32. The molecule has 0 N–H and O–H groups in total. The summed E-state index contributed by atoms with van der Waals surface area (Å²) < 4.78 is 3.17. The van der Waals surface area contributed by atoms with E-state index in [0.29, 0.717) is 22.8 Å². The molecule has 2 fully saturated rings. The summed E-state index contributed by atoms with van der Waals surface area (Å²) in [4.78, 5) is 27.4. The molecule has 112 valence electrons. The Bertz CT molecular complexity index is 690. The third kappa shape index (κ3) is 1.61. The van der Waals surface area contributed by atoms with Crippen molar-refractivity contribution in [3.05, 3.63) is 33.2 Å². The van der Waals surface area contributed by atoms with Crippen LogP contribution in [0.3, 0.4) is 0 Å². The molecule has 1 amide bonds. The molecule has 0 radical (unpaired) electrons. The largest absolute Gasteiger partial charge is 0.300 e. The van der Waals surface area contributed by atoms with Gasteiger partial charge >= 0.3 is 0 Å². The Morgan fingerprint density at radius 2 is 1.86 bits per heavy atom. The Balaban J connectivity index is 1.95. The van der Waals surface area contributed by atoms with Gasteiger partial charge in [0.15, 0.2) is 0 Å². The van der Waals surface area contributed by atoms with Gasteiger partial charge in [-0.05, 0) is 26.0 Å². The number of rotatable bonds is 0. The Hall–Kier alpha value is -0.850. The minimum Gasteiger partial charge on any atom is -0.300 e. The number of nitrogens with zero attached hydrogens (tertiary/aromatic N) is 3. The number of pyridine rings is 1. The summed E-state index contributed by atoms with van der Waals surface area (Å²) in [5, 5.41) is 0.340. The van der Waals surface area contributed by atoms with Crippen LogP contribution in [-0.4, -0.2) is 38.4 Å². The quantitative estimate of drug-likeness (QED) is 0.656. The van der Waals surface area contributed by atoms with Crippen LogP contribution in [0.1, 0.15) is 36.2 Å². The van der Waals surface area contributed by atoms with Crippen molar-refractivity contribution in [3.8, 4) is 0 Å². The second-order valence-corrected chi connectivity index (χ2v) is 7.35. The Morgan fingerprint density at radius 1 is 1.24 bits per heavy atom. The van der Waals surface area contributed by atoms with Gasteiger partial charge in [0.2, 0.25) is 0 Å². The molecule has 4 heterocycles. The van der Waals surface area contributed by atoms with Gasteiger partial charge in [-0.2, -0.15) is 0 Å². The Kier molecular flexibility index (Phi) is 2.85. The molecule has 1 aromatic rings. The first kappa shape index (κ1) is 13.8. The first-order chi connectivity index (χ1) is 9.95. The van der Waals surface area contributed by atoms with Crippen molar-refractivity contribution in [2.45, 2.75) is 43.4 Å². The van der Waals surface area contributed by atoms with Gasteiger partial charge in [-0.25, -0.2) is 3.93 Å². The highest BCUT2D eigenvalue weighted by molar-refractivity contribution is 9.07. The van der Waals surface area contributed by atoms with Crippen LogP contribution in [0.4, 0.5) is 0 Å². The van der Waals surface area contributed by atoms with Gasteiger partial charge in [0.05, 0.1) is 21.2 Å². The third-order valence-corrected chi connectivity index (χ3v) is 6.60. The molecule has 1 spiro atoms. The number of halogens is 2. The fraction of sp³-hybridized carbons (Fsp3) is 0.571. The lowest BCUT2D eigenvalue weighted by Gasteiger charge is -2.46. The molecule has 2 unspecified atom stereocenters. The minimum absolute atomic E-state index is 0.159. The Labute approximate surface area is 135 Å². The molecule has 0 aliphatic carbocycles. The van der Waals surface area contributed by atoms with E-state index in [1.54, 1.807) is 8.49 Å². The van der Waals surface area contributed by atoms with Gasteiger partial charge in [0.25, 0.3) is 11.5 Å². The van der Waals surface area contributed by atoms with E-state index in [-0.39, 0.29) is 11.5 Å². The van der Waals surface area contributed by atoms with E-state index >= 15 is 0 Å². The van der Waals surface area contributed by atoms with Crippen molar-refractivity contribution in [3.63, 3.8) is 0 Å². The molecule has 0 aromatic carbocycles. The van der Waals surface area contributed by atoms with Gasteiger partial charge in [-0.15, -0.1) is 0 Å². The highest BCUT2D eigenvalue weighted by atomic mass is 79.9. The topological polar surface area (TPSA) is 45.6 Å². The lowest BCUT2D eigenvalue weighted by molar-refractivity contribution is 0.0143. The number of fused-ring (bicyclic) bond motifs is 4. The predicted molar refractivity (Wildman–Crippen MR) is 82.6 cm³/mol. The zero-order valence-corrected chi connectivity index (χ0v) is 13.9. The zero-order chi connectivity index (χ0) is 14.9. The van der Waals surface area contributed by atoms with Crippen molar-refractivity contribution >= 4 is 33.7 Å². The standard InChI is InChI=1S/C14H15BrClN3O2/c1-17-8-2-3-9(17)7-14(6-8)18-11(20)5-4-10(16)12(18)13(21)19(14)15/h4-5,8-9H,2-3,6-7H2,1H3. The predicted octanol–water partition coefficient (Wildman–Crippen LogP) is 2.18. The summed E-state index contributed by atoms with van der Waals surface area (Å²) in [5.41, 5.74) is -0.467. The molecule has 7 heteroatoms. The molecular formula is C14H15BrClN3O2. The van der Waals surface area contributed by atoms with Crippen LogP contribution in [0.15, 0.2) is 16.9 Å². The number of aromatic nitrogens is 1. The van der Waals surface area contributed by atoms with E-state index in [4.69, 9.17) is 11.6 Å². The van der Waals surface area contributed by atoms with Crippen molar-refractivity contribution < 1.29 is 4.79 Å². The summed E-state index contributed by atoms with van der Waals surface area (Å²) in [7, 11) is 2.13. The number of carbonyl (C=O) groups excluding carboxylic acids is 1. The maximum absolute atomic E-state index is 12.6. The van der Waals surface area contributed by atoms with Gasteiger partial charge in [0.1, 0.15) is 11.4 Å².